The minimum absolute atomic E-state index is 0.0144. The summed E-state index contributed by atoms with van der Waals surface area (Å²) in [5.41, 5.74) is 5.15. The average Bonchev–Trinajstić information content (AvgIpc) is 2.71. The van der Waals surface area contributed by atoms with E-state index in [0.717, 1.165) is 18.2 Å². The second kappa shape index (κ2) is 9.26. The van der Waals surface area contributed by atoms with Gasteiger partial charge in [-0.25, -0.2) is 22.2 Å². The SMILES string of the molecule is NCCNc1cc(C(c2cc(F)ccc2F)S(=O)(=O)c2ccc(Cl)cc2)c(Cl)cn1. The number of benzene rings is 2. The number of nitrogens with two attached hydrogens (primary N) is 1. The van der Waals surface area contributed by atoms with Crippen LogP contribution in [0.25, 0.3) is 0 Å². The summed E-state index contributed by atoms with van der Waals surface area (Å²) in [6.45, 7) is 0.682. The van der Waals surface area contributed by atoms with Crippen LogP contribution in [0.5, 0.6) is 0 Å². The van der Waals surface area contributed by atoms with Crippen LogP contribution in [0, 0.1) is 11.6 Å². The van der Waals surface area contributed by atoms with Crippen LogP contribution in [0.1, 0.15) is 16.4 Å². The third-order valence-corrected chi connectivity index (χ3v) is 6.94. The zero-order chi connectivity index (χ0) is 21.9. The molecule has 3 rings (SSSR count). The molecule has 3 N–H and O–H groups in total. The third-order valence-electron chi connectivity index (χ3n) is 4.31. The van der Waals surface area contributed by atoms with Gasteiger partial charge in [0.1, 0.15) is 22.7 Å². The van der Waals surface area contributed by atoms with Gasteiger partial charge in [0.25, 0.3) is 0 Å². The van der Waals surface area contributed by atoms with Crippen molar-refractivity contribution in [3.63, 3.8) is 0 Å². The Kier molecular flexibility index (Phi) is 6.92. The number of hydrogen-bond donors (Lipinski definition) is 2. The maximum Gasteiger partial charge on any atom is 0.189 e. The molecular weight excluding hydrogens is 455 g/mol. The van der Waals surface area contributed by atoms with Gasteiger partial charge in [0.15, 0.2) is 9.84 Å². The Morgan fingerprint density at radius 2 is 1.73 bits per heavy atom. The van der Waals surface area contributed by atoms with Crippen LogP contribution in [0.15, 0.2) is 59.6 Å². The van der Waals surface area contributed by atoms with Crippen molar-refractivity contribution >= 4 is 38.9 Å². The molecule has 1 atom stereocenters. The summed E-state index contributed by atoms with van der Waals surface area (Å²) < 4.78 is 55.7. The fourth-order valence-electron chi connectivity index (χ4n) is 2.93. The van der Waals surface area contributed by atoms with Crippen molar-refractivity contribution in [3.05, 3.63) is 87.5 Å². The maximum atomic E-state index is 14.7. The Morgan fingerprint density at radius 3 is 2.40 bits per heavy atom. The molecule has 3 aromatic rings. The molecule has 1 aromatic heterocycles. The summed E-state index contributed by atoms with van der Waals surface area (Å²) >= 11 is 12.1. The molecule has 10 heteroatoms. The number of hydrogen-bond acceptors (Lipinski definition) is 5. The van der Waals surface area contributed by atoms with Gasteiger partial charge in [0.2, 0.25) is 0 Å². The van der Waals surface area contributed by atoms with E-state index in [9.17, 15) is 17.2 Å². The van der Waals surface area contributed by atoms with Crippen LogP contribution in [0.2, 0.25) is 10.0 Å². The quantitative estimate of drug-likeness (QED) is 0.525. The molecule has 0 spiro atoms. The van der Waals surface area contributed by atoms with Gasteiger partial charge in [0, 0.05) is 29.9 Å². The number of aromatic nitrogens is 1. The fourth-order valence-corrected chi connectivity index (χ4v) is 5.16. The molecule has 5 nitrogen and oxygen atoms in total. The summed E-state index contributed by atoms with van der Waals surface area (Å²) in [4.78, 5) is 3.96. The maximum absolute atomic E-state index is 14.7. The summed E-state index contributed by atoms with van der Waals surface area (Å²) in [7, 11) is -4.25. The Morgan fingerprint density at radius 1 is 1.03 bits per heavy atom. The van der Waals surface area contributed by atoms with Crippen molar-refractivity contribution in [2.75, 3.05) is 18.4 Å². The molecule has 0 aliphatic heterocycles. The van der Waals surface area contributed by atoms with Gasteiger partial charge < -0.3 is 11.1 Å². The fraction of sp³-hybridized carbons (Fsp3) is 0.150. The largest absolute Gasteiger partial charge is 0.369 e. The van der Waals surface area contributed by atoms with E-state index in [4.69, 9.17) is 28.9 Å². The standard InChI is InChI=1S/C20H17Cl2F2N3O2S/c21-12-1-4-14(5-2-12)30(28,29)20(16-9-13(23)3-6-18(16)24)15-10-19(26-8-7-25)27-11-17(15)22/h1-6,9-11,20H,7-8,25H2,(H,26,27). The lowest BCUT2D eigenvalue weighted by Gasteiger charge is -2.21. The number of anilines is 1. The molecule has 0 saturated carbocycles. The molecule has 0 saturated heterocycles. The predicted molar refractivity (Wildman–Crippen MR) is 114 cm³/mol. The predicted octanol–water partition coefficient (Wildman–Crippen LogP) is 4.60. The molecule has 0 radical (unpaired) electrons. The number of nitrogens with one attached hydrogen (secondary N) is 1. The van der Waals surface area contributed by atoms with E-state index in [1.807, 2.05) is 0 Å². The number of rotatable bonds is 7. The van der Waals surface area contributed by atoms with Gasteiger partial charge in [-0.05, 0) is 54.1 Å². The summed E-state index contributed by atoms with van der Waals surface area (Å²) in [5, 5.41) is 1.61. The molecule has 0 aliphatic carbocycles. The topological polar surface area (TPSA) is 85.1 Å². The van der Waals surface area contributed by atoms with E-state index >= 15 is 0 Å². The van der Waals surface area contributed by atoms with Crippen LogP contribution in [-0.4, -0.2) is 26.5 Å². The van der Waals surface area contributed by atoms with Crippen molar-refractivity contribution in [2.24, 2.45) is 5.73 Å². The van der Waals surface area contributed by atoms with E-state index in [1.54, 1.807) is 0 Å². The number of sulfone groups is 1. The van der Waals surface area contributed by atoms with E-state index in [2.05, 4.69) is 10.3 Å². The van der Waals surface area contributed by atoms with Gasteiger partial charge >= 0.3 is 0 Å². The van der Waals surface area contributed by atoms with Gasteiger partial charge in [-0.1, -0.05) is 23.2 Å². The van der Waals surface area contributed by atoms with E-state index < -0.39 is 26.7 Å². The normalized spacial score (nSPS) is 12.6. The lowest BCUT2D eigenvalue weighted by atomic mass is 10.0. The van der Waals surface area contributed by atoms with Gasteiger partial charge in [-0.15, -0.1) is 0 Å². The molecular formula is C20H17Cl2F2N3O2S. The molecule has 0 fully saturated rings. The van der Waals surface area contributed by atoms with Crippen LogP contribution in [0.3, 0.4) is 0 Å². The first kappa shape index (κ1) is 22.4. The van der Waals surface area contributed by atoms with Crippen molar-refractivity contribution < 1.29 is 17.2 Å². The Labute approximate surface area is 182 Å². The third kappa shape index (κ3) is 4.73. The number of nitrogens with zero attached hydrogens (tertiary/aromatic N) is 1. The number of halogens is 4. The average molecular weight is 472 g/mol. The molecule has 2 aromatic carbocycles. The highest BCUT2D eigenvalue weighted by atomic mass is 35.5. The zero-order valence-corrected chi connectivity index (χ0v) is 17.8. The van der Waals surface area contributed by atoms with E-state index in [1.165, 1.54) is 36.5 Å². The second-order valence-electron chi connectivity index (χ2n) is 6.35. The molecule has 158 valence electrons. The Bertz CT molecular complexity index is 1160. The lowest BCUT2D eigenvalue weighted by Crippen LogP contribution is -2.19. The monoisotopic (exact) mass is 471 g/mol. The first-order valence-corrected chi connectivity index (χ1v) is 11.1. The summed E-state index contributed by atoms with van der Waals surface area (Å²) in [6, 6.07) is 9.41. The molecule has 0 amide bonds. The van der Waals surface area contributed by atoms with Crippen molar-refractivity contribution in [3.8, 4) is 0 Å². The summed E-state index contributed by atoms with van der Waals surface area (Å²) in [6.07, 6.45) is 1.25. The first-order chi connectivity index (χ1) is 14.2. The van der Waals surface area contributed by atoms with Crippen molar-refractivity contribution in [2.45, 2.75) is 10.1 Å². The molecule has 1 unspecified atom stereocenters. The van der Waals surface area contributed by atoms with Crippen molar-refractivity contribution in [1.29, 1.82) is 0 Å². The van der Waals surface area contributed by atoms with Gasteiger partial charge in [-0.3, -0.25) is 0 Å². The summed E-state index contributed by atoms with van der Waals surface area (Å²) in [5.74, 6) is -1.37. The molecule has 30 heavy (non-hydrogen) atoms. The van der Waals surface area contributed by atoms with Crippen LogP contribution < -0.4 is 11.1 Å². The highest BCUT2D eigenvalue weighted by Gasteiger charge is 2.35. The molecule has 1 heterocycles. The van der Waals surface area contributed by atoms with Gasteiger partial charge in [-0.2, -0.15) is 0 Å². The molecule has 0 aliphatic rings. The van der Waals surface area contributed by atoms with Crippen LogP contribution in [-0.2, 0) is 9.84 Å². The minimum atomic E-state index is -4.25. The van der Waals surface area contributed by atoms with E-state index in [-0.39, 0.29) is 21.0 Å². The number of pyridine rings is 1. The Hall–Kier alpha value is -2.26. The van der Waals surface area contributed by atoms with Crippen LogP contribution >= 0.6 is 23.2 Å². The molecule has 0 bridgehead atoms. The highest BCUT2D eigenvalue weighted by molar-refractivity contribution is 7.92. The van der Waals surface area contributed by atoms with Crippen molar-refractivity contribution in [1.82, 2.24) is 4.98 Å². The smallest absolute Gasteiger partial charge is 0.189 e. The van der Waals surface area contributed by atoms with Crippen LogP contribution in [0.4, 0.5) is 14.6 Å². The minimum Gasteiger partial charge on any atom is -0.369 e. The lowest BCUT2D eigenvalue weighted by molar-refractivity contribution is 0.569. The first-order valence-electron chi connectivity index (χ1n) is 8.78. The van der Waals surface area contributed by atoms with E-state index in [0.29, 0.717) is 23.9 Å². The second-order valence-corrected chi connectivity index (χ2v) is 9.23. The Balaban J connectivity index is 2.26. The highest BCUT2D eigenvalue weighted by Crippen LogP contribution is 2.40. The zero-order valence-electron chi connectivity index (χ0n) is 15.4. The van der Waals surface area contributed by atoms with Gasteiger partial charge in [0.05, 0.1) is 9.92 Å².